The van der Waals surface area contributed by atoms with Crippen LogP contribution in [0, 0.1) is 0 Å². The monoisotopic (exact) mass is 379 g/mol. The molecule has 138 valence electrons. The molecule has 0 spiro atoms. The minimum Gasteiger partial charge on any atom is -0.328 e. The largest absolute Gasteiger partial charge is 0.328 e. The fourth-order valence-corrected chi connectivity index (χ4v) is 3.68. The summed E-state index contributed by atoms with van der Waals surface area (Å²) >= 11 is 1.66. The molecule has 4 aromatic rings. The number of hydrogen-bond acceptors (Lipinski definition) is 4. The molecule has 1 aromatic carbocycles. The van der Waals surface area contributed by atoms with Crippen LogP contribution in [-0.2, 0) is 6.54 Å². The summed E-state index contributed by atoms with van der Waals surface area (Å²) in [6, 6.07) is 10.1. The molecular weight excluding hydrogens is 358 g/mol. The van der Waals surface area contributed by atoms with E-state index in [0.717, 1.165) is 28.8 Å². The first-order valence-corrected chi connectivity index (χ1v) is 10.1. The Morgan fingerprint density at radius 3 is 2.89 bits per heavy atom. The van der Waals surface area contributed by atoms with Gasteiger partial charge in [0.1, 0.15) is 5.82 Å². The highest BCUT2D eigenvalue weighted by molar-refractivity contribution is 7.98. The zero-order valence-corrected chi connectivity index (χ0v) is 16.1. The van der Waals surface area contributed by atoms with E-state index in [9.17, 15) is 4.79 Å². The van der Waals surface area contributed by atoms with Crippen molar-refractivity contribution in [1.82, 2.24) is 24.3 Å². The fourth-order valence-electron chi connectivity index (χ4n) is 3.24. The second-order valence-corrected chi connectivity index (χ2v) is 7.41. The molecule has 0 fully saturated rings. The Bertz CT molecular complexity index is 1110. The Morgan fingerprint density at radius 2 is 2.11 bits per heavy atom. The Hall–Kier alpha value is -2.80. The molecule has 0 bridgehead atoms. The van der Waals surface area contributed by atoms with E-state index in [-0.39, 0.29) is 11.6 Å². The van der Waals surface area contributed by atoms with Crippen molar-refractivity contribution in [3.63, 3.8) is 0 Å². The van der Waals surface area contributed by atoms with Crippen LogP contribution in [0.4, 0.5) is 0 Å². The lowest BCUT2D eigenvalue weighted by Crippen LogP contribution is -2.15. The molecule has 3 heterocycles. The summed E-state index contributed by atoms with van der Waals surface area (Å²) in [5, 5.41) is 5.25. The number of H-pyrrole nitrogens is 1. The van der Waals surface area contributed by atoms with Gasteiger partial charge in [-0.1, -0.05) is 6.07 Å². The van der Waals surface area contributed by atoms with E-state index in [1.807, 2.05) is 47.6 Å². The fraction of sp³-hybridized carbons (Fsp3) is 0.250. The Labute approximate surface area is 161 Å². The summed E-state index contributed by atoms with van der Waals surface area (Å²) in [5.41, 5.74) is 1.32. The van der Waals surface area contributed by atoms with E-state index in [4.69, 9.17) is 0 Å². The number of fused-ring (bicyclic) bond motifs is 1. The van der Waals surface area contributed by atoms with Crippen LogP contribution in [0.2, 0.25) is 0 Å². The van der Waals surface area contributed by atoms with Gasteiger partial charge in [-0.05, 0) is 49.3 Å². The molecule has 7 heteroatoms. The molecule has 0 aliphatic rings. The predicted molar refractivity (Wildman–Crippen MR) is 109 cm³/mol. The molecule has 4 rings (SSSR count). The number of pyridine rings is 1. The third-order valence-electron chi connectivity index (χ3n) is 4.77. The van der Waals surface area contributed by atoms with Gasteiger partial charge in [0.15, 0.2) is 0 Å². The molecule has 0 amide bonds. The molecular formula is C20H21N5OS. The van der Waals surface area contributed by atoms with Gasteiger partial charge in [0, 0.05) is 47.8 Å². The lowest BCUT2D eigenvalue weighted by atomic mass is 10.1. The summed E-state index contributed by atoms with van der Waals surface area (Å²) in [7, 11) is 0. The van der Waals surface area contributed by atoms with E-state index < -0.39 is 0 Å². The van der Waals surface area contributed by atoms with Crippen molar-refractivity contribution in [3.8, 4) is 11.4 Å². The normalized spacial score (nSPS) is 12.5. The van der Waals surface area contributed by atoms with Crippen molar-refractivity contribution >= 4 is 22.7 Å². The van der Waals surface area contributed by atoms with Crippen molar-refractivity contribution in [2.45, 2.75) is 30.8 Å². The number of rotatable bonds is 6. The van der Waals surface area contributed by atoms with Gasteiger partial charge in [-0.15, -0.1) is 11.8 Å². The smallest absolute Gasteiger partial charge is 0.259 e. The SMILES string of the molecule is CSc1ccc2cc(-c3nccn3C(C)CCn3cccn3)c(=O)[nH]c2c1. The third kappa shape index (κ3) is 3.55. The number of benzene rings is 1. The number of nitrogens with zero attached hydrogens (tertiary/aromatic N) is 4. The van der Waals surface area contributed by atoms with Gasteiger partial charge < -0.3 is 9.55 Å². The van der Waals surface area contributed by atoms with Crippen molar-refractivity contribution in [2.75, 3.05) is 6.26 Å². The number of nitrogens with one attached hydrogen (secondary N) is 1. The van der Waals surface area contributed by atoms with Crippen LogP contribution < -0.4 is 5.56 Å². The minimum absolute atomic E-state index is 0.118. The Morgan fingerprint density at radius 1 is 1.22 bits per heavy atom. The highest BCUT2D eigenvalue weighted by Gasteiger charge is 2.15. The molecule has 6 nitrogen and oxygen atoms in total. The predicted octanol–water partition coefficient (Wildman–Crippen LogP) is 3.96. The minimum atomic E-state index is -0.118. The van der Waals surface area contributed by atoms with Crippen molar-refractivity contribution in [2.24, 2.45) is 0 Å². The van der Waals surface area contributed by atoms with Gasteiger partial charge in [0.25, 0.3) is 5.56 Å². The average Bonchev–Trinajstić information content (AvgIpc) is 3.37. The van der Waals surface area contributed by atoms with Crippen LogP contribution in [0.25, 0.3) is 22.3 Å². The molecule has 3 aromatic heterocycles. The zero-order chi connectivity index (χ0) is 18.8. The molecule has 0 saturated carbocycles. The molecule has 0 saturated heterocycles. The summed E-state index contributed by atoms with van der Waals surface area (Å²) < 4.78 is 3.98. The van der Waals surface area contributed by atoms with Gasteiger partial charge in [0.05, 0.1) is 5.56 Å². The van der Waals surface area contributed by atoms with Crippen LogP contribution in [-0.4, -0.2) is 30.6 Å². The second-order valence-electron chi connectivity index (χ2n) is 6.53. The van der Waals surface area contributed by atoms with Crippen LogP contribution >= 0.6 is 11.8 Å². The summed E-state index contributed by atoms with van der Waals surface area (Å²) in [4.78, 5) is 21.3. The maximum atomic E-state index is 12.7. The summed E-state index contributed by atoms with van der Waals surface area (Å²) in [6.07, 6.45) is 10.3. The van der Waals surface area contributed by atoms with E-state index in [1.54, 1.807) is 24.2 Å². The first-order chi connectivity index (χ1) is 13.2. The first kappa shape index (κ1) is 17.6. The summed E-state index contributed by atoms with van der Waals surface area (Å²) in [5.74, 6) is 0.694. The molecule has 1 unspecified atom stereocenters. The van der Waals surface area contributed by atoms with Crippen LogP contribution in [0.3, 0.4) is 0 Å². The maximum absolute atomic E-state index is 12.7. The number of aromatic amines is 1. The Balaban J connectivity index is 1.67. The van der Waals surface area contributed by atoms with E-state index >= 15 is 0 Å². The lowest BCUT2D eigenvalue weighted by molar-refractivity contribution is 0.449. The average molecular weight is 379 g/mol. The number of aryl methyl sites for hydroxylation is 1. The number of imidazole rings is 1. The zero-order valence-electron chi connectivity index (χ0n) is 15.3. The van der Waals surface area contributed by atoms with Gasteiger partial charge in [-0.25, -0.2) is 4.98 Å². The van der Waals surface area contributed by atoms with E-state index in [1.165, 1.54) is 0 Å². The second kappa shape index (κ2) is 7.44. The molecule has 0 aliphatic heterocycles. The van der Waals surface area contributed by atoms with Crippen molar-refractivity contribution in [3.05, 3.63) is 65.5 Å². The van der Waals surface area contributed by atoms with Gasteiger partial charge in [-0.2, -0.15) is 5.10 Å². The third-order valence-corrected chi connectivity index (χ3v) is 5.50. The van der Waals surface area contributed by atoms with Crippen molar-refractivity contribution in [1.29, 1.82) is 0 Å². The molecule has 0 aliphatic carbocycles. The standard InChI is InChI=1S/C20H21N5OS/c1-14(6-10-24-9-3-7-22-24)25-11-8-21-19(25)17-12-15-4-5-16(27-2)13-18(15)23-20(17)26/h3-5,7-9,11-14H,6,10H2,1-2H3,(H,23,26). The summed E-state index contributed by atoms with van der Waals surface area (Å²) in [6.45, 7) is 2.95. The number of hydrogen-bond donors (Lipinski definition) is 1. The van der Waals surface area contributed by atoms with Gasteiger partial charge >= 0.3 is 0 Å². The quantitative estimate of drug-likeness (QED) is 0.515. The maximum Gasteiger partial charge on any atom is 0.259 e. The number of thioether (sulfide) groups is 1. The van der Waals surface area contributed by atoms with Crippen LogP contribution in [0.15, 0.2) is 64.8 Å². The number of aromatic nitrogens is 5. The van der Waals surface area contributed by atoms with Gasteiger partial charge in [0.2, 0.25) is 0 Å². The van der Waals surface area contributed by atoms with Gasteiger partial charge in [-0.3, -0.25) is 9.48 Å². The topological polar surface area (TPSA) is 68.5 Å². The lowest BCUT2D eigenvalue weighted by Gasteiger charge is -2.16. The van der Waals surface area contributed by atoms with Crippen LogP contribution in [0.1, 0.15) is 19.4 Å². The highest BCUT2D eigenvalue weighted by atomic mass is 32.2. The van der Waals surface area contributed by atoms with Crippen LogP contribution in [0.5, 0.6) is 0 Å². The highest BCUT2D eigenvalue weighted by Crippen LogP contribution is 2.25. The first-order valence-electron chi connectivity index (χ1n) is 8.87. The Kier molecular flexibility index (Phi) is 4.85. The molecule has 0 radical (unpaired) electrons. The molecule has 1 atom stereocenters. The molecule has 27 heavy (non-hydrogen) atoms. The van der Waals surface area contributed by atoms with E-state index in [0.29, 0.717) is 11.4 Å². The molecule has 1 N–H and O–H groups in total. The van der Waals surface area contributed by atoms with Crippen molar-refractivity contribution < 1.29 is 0 Å². The van der Waals surface area contributed by atoms with E-state index in [2.05, 4.69) is 32.6 Å².